The van der Waals surface area contributed by atoms with Crippen molar-refractivity contribution in [2.75, 3.05) is 46.9 Å². The van der Waals surface area contributed by atoms with E-state index in [1.165, 1.54) is 19.2 Å². The molecule has 1 aliphatic heterocycles. The number of hydrogen-bond donors (Lipinski definition) is 0. The molecule has 0 aromatic heterocycles. The predicted octanol–water partition coefficient (Wildman–Crippen LogP) is 1.39. The molecule has 0 aliphatic carbocycles. The van der Waals surface area contributed by atoms with Crippen LogP contribution < -0.4 is 9.47 Å². The minimum atomic E-state index is -0.564. The largest absolute Gasteiger partial charge is 0.493 e. The van der Waals surface area contributed by atoms with Crippen LogP contribution in [0.5, 0.6) is 11.5 Å². The van der Waals surface area contributed by atoms with Gasteiger partial charge in [-0.25, -0.2) is 0 Å². The Morgan fingerprint density at radius 2 is 1.91 bits per heavy atom. The highest BCUT2D eigenvalue weighted by Crippen LogP contribution is 2.35. The molecule has 0 N–H and O–H groups in total. The van der Waals surface area contributed by atoms with Crippen molar-refractivity contribution in [1.82, 2.24) is 9.80 Å². The Kier molecular flexibility index (Phi) is 5.38. The third-order valence-electron chi connectivity index (χ3n) is 3.80. The number of ether oxygens (including phenoxy) is 2. The Bertz CT molecular complexity index is 597. The van der Waals surface area contributed by atoms with Crippen LogP contribution in [-0.4, -0.2) is 67.6 Å². The number of benzene rings is 1. The fourth-order valence-electron chi connectivity index (χ4n) is 2.48. The predicted molar refractivity (Wildman–Crippen MR) is 84.2 cm³/mol. The van der Waals surface area contributed by atoms with Crippen LogP contribution in [0.3, 0.4) is 0 Å². The van der Waals surface area contributed by atoms with Crippen molar-refractivity contribution < 1.29 is 19.2 Å². The summed E-state index contributed by atoms with van der Waals surface area (Å²) in [5.41, 5.74) is -0.238. The molecule has 1 amide bonds. The average Bonchev–Trinajstić information content (AvgIpc) is 2.54. The summed E-state index contributed by atoms with van der Waals surface area (Å²) in [5.74, 6) is 0.220. The third-order valence-corrected chi connectivity index (χ3v) is 3.80. The van der Waals surface area contributed by atoms with Crippen LogP contribution in [0.25, 0.3) is 0 Å². The van der Waals surface area contributed by atoms with Crippen LogP contribution in [-0.2, 0) is 0 Å². The number of rotatable bonds is 5. The fraction of sp³-hybridized carbons (Fsp3) is 0.533. The number of nitro groups is 1. The third kappa shape index (κ3) is 3.70. The summed E-state index contributed by atoms with van der Waals surface area (Å²) in [7, 11) is 3.41. The minimum absolute atomic E-state index is 0.0276. The number of methoxy groups -OCH3 is 1. The summed E-state index contributed by atoms with van der Waals surface area (Å²) >= 11 is 0. The highest BCUT2D eigenvalue weighted by molar-refractivity contribution is 5.99. The highest BCUT2D eigenvalue weighted by Gasteiger charge is 2.29. The SMILES string of the molecule is CCOc1cc([N+](=O)[O-])c(C(=O)N2CCN(C)CC2)cc1OC. The van der Waals surface area contributed by atoms with Gasteiger partial charge in [0, 0.05) is 32.2 Å². The van der Waals surface area contributed by atoms with Crippen LogP contribution in [0.1, 0.15) is 17.3 Å². The number of hydrogen-bond acceptors (Lipinski definition) is 6. The summed E-state index contributed by atoms with van der Waals surface area (Å²) in [5, 5.41) is 11.3. The number of carbonyl (C=O) groups is 1. The van der Waals surface area contributed by atoms with Gasteiger partial charge in [-0.05, 0) is 14.0 Å². The maximum Gasteiger partial charge on any atom is 0.286 e. The van der Waals surface area contributed by atoms with E-state index < -0.39 is 4.92 Å². The summed E-state index contributed by atoms with van der Waals surface area (Å²) < 4.78 is 10.6. The van der Waals surface area contributed by atoms with E-state index in [2.05, 4.69) is 4.90 Å². The molecule has 23 heavy (non-hydrogen) atoms. The van der Waals surface area contributed by atoms with Gasteiger partial charge < -0.3 is 19.3 Å². The maximum absolute atomic E-state index is 12.7. The second-order valence-corrected chi connectivity index (χ2v) is 5.31. The number of amides is 1. The molecule has 1 heterocycles. The van der Waals surface area contributed by atoms with Gasteiger partial charge in [-0.3, -0.25) is 14.9 Å². The van der Waals surface area contributed by atoms with Gasteiger partial charge in [0.1, 0.15) is 5.56 Å². The molecule has 0 spiro atoms. The molecular formula is C15H21N3O5. The van der Waals surface area contributed by atoms with Gasteiger partial charge in [-0.15, -0.1) is 0 Å². The number of likely N-dealkylation sites (N-methyl/N-ethyl adjacent to an activating group) is 1. The lowest BCUT2D eigenvalue weighted by atomic mass is 10.1. The summed E-state index contributed by atoms with van der Waals surface area (Å²) in [6.45, 7) is 4.69. The van der Waals surface area contributed by atoms with Gasteiger partial charge in [0.05, 0.1) is 24.7 Å². The van der Waals surface area contributed by atoms with E-state index in [0.29, 0.717) is 25.4 Å². The highest BCUT2D eigenvalue weighted by atomic mass is 16.6. The van der Waals surface area contributed by atoms with Crippen LogP contribution in [0.15, 0.2) is 12.1 Å². The summed E-state index contributed by atoms with van der Waals surface area (Å²) in [4.78, 5) is 27.2. The molecule has 1 saturated heterocycles. The van der Waals surface area contributed by atoms with Gasteiger partial charge in [0.2, 0.25) is 0 Å². The Hall–Kier alpha value is -2.35. The van der Waals surface area contributed by atoms with E-state index in [-0.39, 0.29) is 22.9 Å². The number of carbonyl (C=O) groups excluding carboxylic acids is 1. The molecule has 1 aliphatic rings. The first-order valence-electron chi connectivity index (χ1n) is 7.45. The topological polar surface area (TPSA) is 85.1 Å². The molecule has 1 fully saturated rings. The van der Waals surface area contributed by atoms with E-state index in [1.54, 1.807) is 11.8 Å². The maximum atomic E-state index is 12.7. The van der Waals surface area contributed by atoms with Crippen molar-refractivity contribution in [3.8, 4) is 11.5 Å². The quantitative estimate of drug-likeness (QED) is 0.601. The van der Waals surface area contributed by atoms with Crippen molar-refractivity contribution in [3.05, 3.63) is 27.8 Å². The Morgan fingerprint density at radius 3 is 2.43 bits per heavy atom. The van der Waals surface area contributed by atoms with Crippen LogP contribution in [0, 0.1) is 10.1 Å². The van der Waals surface area contributed by atoms with E-state index >= 15 is 0 Å². The molecule has 8 heteroatoms. The number of piperazine rings is 1. The summed E-state index contributed by atoms with van der Waals surface area (Å²) in [6, 6.07) is 2.65. The van der Waals surface area contributed by atoms with Gasteiger partial charge >= 0.3 is 0 Å². The molecule has 8 nitrogen and oxygen atoms in total. The molecule has 0 bridgehead atoms. The lowest BCUT2D eigenvalue weighted by Crippen LogP contribution is -2.47. The normalized spacial score (nSPS) is 15.3. The van der Waals surface area contributed by atoms with Gasteiger partial charge in [-0.2, -0.15) is 0 Å². The number of nitro benzene ring substituents is 1. The smallest absolute Gasteiger partial charge is 0.286 e. The van der Waals surface area contributed by atoms with Crippen molar-refractivity contribution in [2.24, 2.45) is 0 Å². The first-order valence-corrected chi connectivity index (χ1v) is 7.45. The Labute approximate surface area is 134 Å². The molecule has 0 radical (unpaired) electrons. The van der Waals surface area contributed by atoms with Crippen LogP contribution in [0.4, 0.5) is 5.69 Å². The zero-order valence-electron chi connectivity index (χ0n) is 13.6. The van der Waals surface area contributed by atoms with Crippen molar-refractivity contribution in [3.63, 3.8) is 0 Å². The van der Waals surface area contributed by atoms with E-state index in [4.69, 9.17) is 9.47 Å². The van der Waals surface area contributed by atoms with E-state index in [0.717, 1.165) is 13.1 Å². The molecule has 126 valence electrons. The molecule has 2 rings (SSSR count). The molecule has 1 aromatic carbocycles. The van der Waals surface area contributed by atoms with Crippen molar-refractivity contribution in [1.29, 1.82) is 0 Å². The van der Waals surface area contributed by atoms with Crippen LogP contribution >= 0.6 is 0 Å². The lowest BCUT2D eigenvalue weighted by molar-refractivity contribution is -0.385. The Balaban J connectivity index is 2.39. The van der Waals surface area contributed by atoms with Gasteiger partial charge in [0.15, 0.2) is 11.5 Å². The molecule has 0 atom stereocenters. The monoisotopic (exact) mass is 323 g/mol. The van der Waals surface area contributed by atoms with Gasteiger partial charge in [-0.1, -0.05) is 0 Å². The molecular weight excluding hydrogens is 302 g/mol. The first-order chi connectivity index (χ1) is 11.0. The van der Waals surface area contributed by atoms with Gasteiger partial charge in [0.25, 0.3) is 11.6 Å². The zero-order chi connectivity index (χ0) is 17.0. The lowest BCUT2D eigenvalue weighted by Gasteiger charge is -2.32. The second kappa shape index (κ2) is 7.28. The van der Waals surface area contributed by atoms with Crippen molar-refractivity contribution in [2.45, 2.75) is 6.92 Å². The molecule has 0 saturated carbocycles. The fourth-order valence-corrected chi connectivity index (χ4v) is 2.48. The molecule has 0 unspecified atom stereocenters. The van der Waals surface area contributed by atoms with E-state index in [1.807, 2.05) is 7.05 Å². The van der Waals surface area contributed by atoms with E-state index in [9.17, 15) is 14.9 Å². The Morgan fingerprint density at radius 1 is 1.26 bits per heavy atom. The average molecular weight is 323 g/mol. The van der Waals surface area contributed by atoms with Crippen molar-refractivity contribution >= 4 is 11.6 Å². The first kappa shape index (κ1) is 17.0. The zero-order valence-corrected chi connectivity index (χ0v) is 13.6. The summed E-state index contributed by atoms with van der Waals surface area (Å²) in [6.07, 6.45) is 0. The second-order valence-electron chi connectivity index (χ2n) is 5.31. The molecule has 1 aromatic rings. The standard InChI is InChI=1S/C15H21N3O5/c1-4-23-14-10-12(18(20)21)11(9-13(14)22-3)15(19)17-7-5-16(2)6-8-17/h9-10H,4-8H2,1-3H3. The number of nitrogens with zero attached hydrogens (tertiary/aromatic N) is 3. The minimum Gasteiger partial charge on any atom is -0.493 e. The van der Waals surface area contributed by atoms with Crippen LogP contribution in [0.2, 0.25) is 0 Å².